The molecule has 1 saturated carbocycles. The molecule has 8 nitrogen and oxygen atoms in total. The Morgan fingerprint density at radius 2 is 1.92 bits per heavy atom. The Morgan fingerprint density at radius 3 is 2.61 bits per heavy atom. The fourth-order valence-electron chi connectivity index (χ4n) is 5.55. The molecule has 4 atom stereocenters. The molecule has 2 aliphatic heterocycles. The summed E-state index contributed by atoms with van der Waals surface area (Å²) in [6.07, 6.45) is 7.81. The molecule has 2 saturated heterocycles. The summed E-state index contributed by atoms with van der Waals surface area (Å²) in [7, 11) is 1.35. The molecule has 4 heterocycles. The third kappa shape index (κ3) is 4.23. The lowest BCUT2D eigenvalue weighted by Gasteiger charge is -2.46. The number of alkyl halides is 1. The smallest absolute Gasteiger partial charge is 0.250 e. The normalized spacial score (nSPS) is 25.4. The molecule has 36 heavy (non-hydrogen) atoms. The van der Waals surface area contributed by atoms with Crippen molar-refractivity contribution in [3.05, 3.63) is 42.5 Å². The Bertz CT molecular complexity index is 1260. The number of hydrogen-bond acceptors (Lipinski definition) is 8. The van der Waals surface area contributed by atoms with Crippen LogP contribution in [0.25, 0.3) is 22.4 Å². The van der Waals surface area contributed by atoms with Crippen LogP contribution in [0, 0.1) is 5.82 Å². The van der Waals surface area contributed by atoms with Crippen molar-refractivity contribution in [3.63, 3.8) is 0 Å². The number of halogens is 2. The topological polar surface area (TPSA) is 96.3 Å². The number of nitrogens with zero attached hydrogens (tertiary/aromatic N) is 5. The molecule has 1 aliphatic carbocycles. The highest BCUT2D eigenvalue weighted by Crippen LogP contribution is 2.39. The molecular formula is C26H28F2N6O2. The van der Waals surface area contributed by atoms with Crippen LogP contribution >= 0.6 is 0 Å². The van der Waals surface area contributed by atoms with E-state index in [9.17, 15) is 9.50 Å². The van der Waals surface area contributed by atoms with Crippen LogP contribution in [0.15, 0.2) is 36.7 Å². The average Bonchev–Trinajstić information content (AvgIpc) is 3.73. The van der Waals surface area contributed by atoms with E-state index in [2.05, 4.69) is 25.5 Å². The Labute approximate surface area is 207 Å². The highest BCUT2D eigenvalue weighted by atomic mass is 19.1. The van der Waals surface area contributed by atoms with Gasteiger partial charge in [-0.3, -0.25) is 0 Å². The predicted octanol–water partition coefficient (Wildman–Crippen LogP) is 4.04. The van der Waals surface area contributed by atoms with Gasteiger partial charge in [0.25, 0.3) is 0 Å². The summed E-state index contributed by atoms with van der Waals surface area (Å²) in [4.78, 5) is 10.5. The van der Waals surface area contributed by atoms with Gasteiger partial charge in [-0.15, -0.1) is 10.2 Å². The molecule has 0 amide bonds. The highest BCUT2D eigenvalue weighted by Gasteiger charge is 2.47. The van der Waals surface area contributed by atoms with Crippen LogP contribution in [0.2, 0.25) is 0 Å². The minimum atomic E-state index is -0.973. The minimum Gasteiger partial charge on any atom is -0.507 e. The van der Waals surface area contributed by atoms with Gasteiger partial charge in [0.05, 0.1) is 19.3 Å². The number of rotatable bonds is 6. The number of aromatic hydroxyl groups is 1. The molecule has 3 fully saturated rings. The summed E-state index contributed by atoms with van der Waals surface area (Å²) in [5, 5.41) is 22.8. The molecule has 1 aromatic carbocycles. The van der Waals surface area contributed by atoms with Crippen LogP contribution in [0.3, 0.4) is 0 Å². The van der Waals surface area contributed by atoms with Gasteiger partial charge < -0.3 is 20.1 Å². The molecule has 3 aliphatic rings. The number of methoxy groups -OCH3 is 1. The van der Waals surface area contributed by atoms with Crippen molar-refractivity contribution in [1.82, 2.24) is 25.5 Å². The van der Waals surface area contributed by atoms with Crippen molar-refractivity contribution in [2.45, 2.75) is 68.9 Å². The molecule has 188 valence electrons. The number of hydrogen-bond donors (Lipinski definition) is 2. The molecule has 0 radical (unpaired) electrons. The van der Waals surface area contributed by atoms with E-state index in [-0.39, 0.29) is 29.8 Å². The van der Waals surface area contributed by atoms with Gasteiger partial charge in [0.2, 0.25) is 11.8 Å². The van der Waals surface area contributed by atoms with Crippen LogP contribution in [-0.4, -0.2) is 62.7 Å². The Morgan fingerprint density at radius 1 is 1.06 bits per heavy atom. The van der Waals surface area contributed by atoms with Crippen molar-refractivity contribution >= 4 is 5.95 Å². The molecular weight excluding hydrogens is 466 g/mol. The first-order valence-corrected chi connectivity index (χ1v) is 12.4. The Balaban J connectivity index is 1.25. The maximum absolute atomic E-state index is 15.4. The van der Waals surface area contributed by atoms with E-state index in [4.69, 9.17) is 4.74 Å². The molecule has 10 heteroatoms. The standard InChI is InChI=1S/C26H28F2N6O2/c1-36-25-19(27)9-15(12-29-25)14-5-8-18(23(35)10-14)21-13-30-26(33-32-21)34(17-6-7-17)22-11-16-3-2-4-20(31-16)24(22)28/h5,8-10,12-13,16-17,20,22,24,31,35H,2-4,6-7,11H2,1H3/t16-,20-,22+,24-/m0/s1. The van der Waals surface area contributed by atoms with Gasteiger partial charge >= 0.3 is 0 Å². The second-order valence-electron chi connectivity index (χ2n) is 9.88. The van der Waals surface area contributed by atoms with Gasteiger partial charge in [-0.2, -0.15) is 0 Å². The third-order valence-electron chi connectivity index (χ3n) is 7.48. The van der Waals surface area contributed by atoms with Crippen LogP contribution in [0.1, 0.15) is 38.5 Å². The van der Waals surface area contributed by atoms with Crippen LogP contribution < -0.4 is 15.0 Å². The summed E-state index contributed by atoms with van der Waals surface area (Å²) in [6, 6.07) is 6.45. The van der Waals surface area contributed by atoms with Crippen molar-refractivity contribution in [2.75, 3.05) is 12.0 Å². The molecule has 0 spiro atoms. The SMILES string of the molecule is COc1ncc(-c2ccc(-c3cnc(N(C4CC4)[C@@H]4C[C@@H]5CCC[C@H](N5)[C@@H]4F)nn3)c(O)c2)cc1F. The van der Waals surface area contributed by atoms with Gasteiger partial charge in [0.15, 0.2) is 5.82 Å². The van der Waals surface area contributed by atoms with E-state index in [0.29, 0.717) is 34.4 Å². The number of phenolic OH excluding ortho intramolecular Hbond substituents is 1. The van der Waals surface area contributed by atoms with Crippen LogP contribution in [0.5, 0.6) is 11.6 Å². The number of benzene rings is 1. The zero-order valence-electron chi connectivity index (χ0n) is 19.9. The van der Waals surface area contributed by atoms with Crippen molar-refractivity contribution < 1.29 is 18.6 Å². The fraction of sp³-hybridized carbons (Fsp3) is 0.462. The lowest BCUT2D eigenvalue weighted by atomic mass is 9.82. The largest absolute Gasteiger partial charge is 0.507 e. The maximum Gasteiger partial charge on any atom is 0.250 e. The van der Waals surface area contributed by atoms with Gasteiger partial charge in [-0.1, -0.05) is 12.5 Å². The Kier molecular flexibility index (Phi) is 5.91. The van der Waals surface area contributed by atoms with Crippen LogP contribution in [0.4, 0.5) is 14.7 Å². The summed E-state index contributed by atoms with van der Waals surface area (Å²) < 4.78 is 34.4. The van der Waals surface area contributed by atoms with E-state index in [1.54, 1.807) is 18.3 Å². The van der Waals surface area contributed by atoms with Gasteiger partial charge in [-0.25, -0.2) is 18.7 Å². The second kappa shape index (κ2) is 9.24. The molecule has 2 N–H and O–H groups in total. The number of aromatic nitrogens is 4. The summed E-state index contributed by atoms with van der Waals surface area (Å²) in [6.45, 7) is 0. The monoisotopic (exact) mass is 494 g/mol. The third-order valence-corrected chi connectivity index (χ3v) is 7.48. The number of nitrogens with one attached hydrogen (secondary N) is 1. The number of ether oxygens (including phenoxy) is 1. The summed E-state index contributed by atoms with van der Waals surface area (Å²) in [5.41, 5.74) is 1.94. The maximum atomic E-state index is 15.4. The quantitative estimate of drug-likeness (QED) is 0.530. The predicted molar refractivity (Wildman–Crippen MR) is 130 cm³/mol. The molecule has 3 aromatic rings. The number of pyridine rings is 1. The summed E-state index contributed by atoms with van der Waals surface area (Å²) >= 11 is 0. The second-order valence-corrected chi connectivity index (χ2v) is 9.88. The highest BCUT2D eigenvalue weighted by molar-refractivity contribution is 5.73. The first kappa shape index (κ1) is 23.0. The van der Waals surface area contributed by atoms with Crippen LogP contribution in [-0.2, 0) is 0 Å². The van der Waals surface area contributed by atoms with E-state index in [0.717, 1.165) is 38.5 Å². The van der Waals surface area contributed by atoms with Gasteiger partial charge in [0, 0.05) is 35.4 Å². The molecule has 6 rings (SSSR count). The lowest BCUT2D eigenvalue weighted by Crippen LogP contribution is -2.62. The Hall–Kier alpha value is -3.40. The first-order chi connectivity index (χ1) is 17.5. The van der Waals surface area contributed by atoms with E-state index in [1.807, 2.05) is 4.90 Å². The number of fused-ring (bicyclic) bond motifs is 2. The van der Waals surface area contributed by atoms with E-state index >= 15 is 4.39 Å². The summed E-state index contributed by atoms with van der Waals surface area (Å²) in [5.74, 6) is -0.281. The molecule has 0 unspecified atom stereocenters. The van der Waals surface area contributed by atoms with Crippen molar-refractivity contribution in [3.8, 4) is 34.0 Å². The van der Waals surface area contributed by atoms with Crippen molar-refractivity contribution in [1.29, 1.82) is 0 Å². The minimum absolute atomic E-state index is 0.0402. The van der Waals surface area contributed by atoms with E-state index in [1.165, 1.54) is 25.4 Å². The number of piperidine rings is 2. The molecule has 2 aromatic heterocycles. The van der Waals surface area contributed by atoms with Gasteiger partial charge in [-0.05, 0) is 55.9 Å². The zero-order valence-corrected chi connectivity index (χ0v) is 19.9. The number of anilines is 1. The molecule has 2 bridgehead atoms. The van der Waals surface area contributed by atoms with Gasteiger partial charge in [0.1, 0.15) is 17.6 Å². The number of phenols is 1. The fourth-order valence-corrected chi connectivity index (χ4v) is 5.55. The first-order valence-electron chi connectivity index (χ1n) is 12.4. The lowest BCUT2D eigenvalue weighted by molar-refractivity contribution is 0.103. The average molecular weight is 495 g/mol. The zero-order chi connectivity index (χ0) is 24.8. The van der Waals surface area contributed by atoms with E-state index < -0.39 is 12.0 Å². The van der Waals surface area contributed by atoms with Crippen molar-refractivity contribution in [2.24, 2.45) is 0 Å².